The first-order chi connectivity index (χ1) is 11.0. The van der Waals surface area contributed by atoms with Crippen LogP contribution in [0.3, 0.4) is 0 Å². The first-order valence-electron chi connectivity index (χ1n) is 7.87. The minimum atomic E-state index is 0.0954. The first kappa shape index (κ1) is 17.3. The van der Waals surface area contributed by atoms with Gasteiger partial charge in [0.15, 0.2) is 5.11 Å². The summed E-state index contributed by atoms with van der Waals surface area (Å²) >= 11 is 5.39. The van der Waals surface area contributed by atoms with Gasteiger partial charge in [-0.2, -0.15) is 5.10 Å². The Morgan fingerprint density at radius 1 is 1.30 bits per heavy atom. The van der Waals surface area contributed by atoms with Gasteiger partial charge in [-0.25, -0.2) is 0 Å². The normalized spacial score (nSPS) is 11.8. The molecule has 2 N–H and O–H groups in total. The van der Waals surface area contributed by atoms with Crippen molar-refractivity contribution in [3.63, 3.8) is 0 Å². The van der Waals surface area contributed by atoms with Crippen molar-refractivity contribution in [2.45, 2.75) is 40.3 Å². The fourth-order valence-electron chi connectivity index (χ4n) is 2.36. The maximum atomic E-state index is 5.43. The van der Waals surface area contributed by atoms with Crippen molar-refractivity contribution in [1.29, 1.82) is 0 Å². The number of rotatable bonds is 6. The molecule has 0 radical (unpaired) electrons. The SMILES string of the molecule is CCOc1ccc(NC(=S)NC(C)c2cn(CC)nc2C)cc1. The summed E-state index contributed by atoms with van der Waals surface area (Å²) < 4.78 is 7.37. The third kappa shape index (κ3) is 4.69. The lowest BCUT2D eigenvalue weighted by molar-refractivity contribution is 0.340. The Labute approximate surface area is 143 Å². The molecule has 0 spiro atoms. The smallest absolute Gasteiger partial charge is 0.171 e. The van der Waals surface area contributed by atoms with Gasteiger partial charge < -0.3 is 15.4 Å². The molecule has 1 atom stereocenters. The van der Waals surface area contributed by atoms with Gasteiger partial charge in [0, 0.05) is 24.0 Å². The van der Waals surface area contributed by atoms with Gasteiger partial charge in [0.1, 0.15) is 5.75 Å². The number of nitrogens with one attached hydrogen (secondary N) is 2. The van der Waals surface area contributed by atoms with E-state index in [0.717, 1.165) is 29.2 Å². The van der Waals surface area contributed by atoms with Crippen molar-refractivity contribution in [2.24, 2.45) is 0 Å². The molecule has 1 aromatic carbocycles. The zero-order valence-electron chi connectivity index (χ0n) is 14.1. The number of benzene rings is 1. The average molecular weight is 332 g/mol. The number of nitrogens with zero attached hydrogens (tertiary/aromatic N) is 2. The third-order valence-corrected chi connectivity index (χ3v) is 3.77. The summed E-state index contributed by atoms with van der Waals surface area (Å²) in [7, 11) is 0. The maximum absolute atomic E-state index is 5.43. The molecule has 0 aliphatic carbocycles. The quantitative estimate of drug-likeness (QED) is 0.791. The number of ether oxygens (including phenoxy) is 1. The van der Waals surface area contributed by atoms with Crippen LogP contribution in [0.25, 0.3) is 0 Å². The Kier molecular flexibility index (Phi) is 5.98. The fourth-order valence-corrected chi connectivity index (χ4v) is 2.66. The number of hydrogen-bond donors (Lipinski definition) is 2. The van der Waals surface area contributed by atoms with E-state index in [1.54, 1.807) is 0 Å². The number of anilines is 1. The molecule has 0 aliphatic rings. The summed E-state index contributed by atoms with van der Waals surface area (Å²) in [4.78, 5) is 0. The highest BCUT2D eigenvalue weighted by molar-refractivity contribution is 7.80. The molecule has 0 amide bonds. The topological polar surface area (TPSA) is 51.1 Å². The van der Waals surface area contributed by atoms with Crippen molar-refractivity contribution in [3.8, 4) is 5.75 Å². The Morgan fingerprint density at radius 3 is 2.57 bits per heavy atom. The van der Waals surface area contributed by atoms with E-state index in [0.29, 0.717) is 11.7 Å². The second-order valence-corrected chi connectivity index (χ2v) is 5.71. The van der Waals surface area contributed by atoms with Crippen LogP contribution in [0.2, 0.25) is 0 Å². The van der Waals surface area contributed by atoms with Crippen LogP contribution in [-0.2, 0) is 6.54 Å². The molecular weight excluding hydrogens is 308 g/mol. The number of aromatic nitrogens is 2. The molecular formula is C17H24N4OS. The summed E-state index contributed by atoms with van der Waals surface area (Å²) in [6.45, 7) is 9.66. The Balaban J connectivity index is 1.94. The number of thiocarbonyl (C=S) groups is 1. The lowest BCUT2D eigenvalue weighted by Gasteiger charge is -2.16. The predicted octanol–water partition coefficient (Wildman–Crippen LogP) is 3.66. The second kappa shape index (κ2) is 7.97. The van der Waals surface area contributed by atoms with E-state index in [-0.39, 0.29) is 6.04 Å². The highest BCUT2D eigenvalue weighted by Crippen LogP contribution is 2.18. The Bertz CT molecular complexity index is 651. The molecule has 0 aliphatic heterocycles. The van der Waals surface area contributed by atoms with E-state index in [4.69, 9.17) is 17.0 Å². The molecule has 1 aromatic heterocycles. The van der Waals surface area contributed by atoms with Crippen LogP contribution in [-0.4, -0.2) is 21.5 Å². The second-order valence-electron chi connectivity index (χ2n) is 5.30. The lowest BCUT2D eigenvalue weighted by atomic mass is 10.1. The molecule has 2 aromatic rings. The standard InChI is InChI=1S/C17H24N4OS/c1-5-21-11-16(13(4)20-21)12(3)18-17(23)19-14-7-9-15(10-8-14)22-6-2/h7-12H,5-6H2,1-4H3,(H2,18,19,23). The molecule has 6 heteroatoms. The molecule has 5 nitrogen and oxygen atoms in total. The van der Waals surface area contributed by atoms with Crippen molar-refractivity contribution in [2.75, 3.05) is 11.9 Å². The molecule has 1 heterocycles. The van der Waals surface area contributed by atoms with Gasteiger partial charge >= 0.3 is 0 Å². The van der Waals surface area contributed by atoms with Crippen LogP contribution in [0.4, 0.5) is 5.69 Å². The molecule has 0 fully saturated rings. The summed E-state index contributed by atoms with van der Waals surface area (Å²) in [5.41, 5.74) is 3.11. The van der Waals surface area contributed by atoms with Gasteiger partial charge in [0.2, 0.25) is 0 Å². The average Bonchev–Trinajstić information content (AvgIpc) is 2.90. The lowest BCUT2D eigenvalue weighted by Crippen LogP contribution is -2.31. The van der Waals surface area contributed by atoms with Crippen molar-refractivity contribution in [3.05, 3.63) is 41.7 Å². The number of hydrogen-bond acceptors (Lipinski definition) is 3. The third-order valence-electron chi connectivity index (χ3n) is 3.55. The Hall–Kier alpha value is -2.08. The Morgan fingerprint density at radius 2 is 2.00 bits per heavy atom. The molecule has 0 saturated carbocycles. The summed E-state index contributed by atoms with van der Waals surface area (Å²) in [6, 6.07) is 7.84. The highest BCUT2D eigenvalue weighted by Gasteiger charge is 2.13. The highest BCUT2D eigenvalue weighted by atomic mass is 32.1. The van der Waals surface area contributed by atoms with Gasteiger partial charge in [0.05, 0.1) is 18.3 Å². The van der Waals surface area contributed by atoms with E-state index in [2.05, 4.69) is 35.8 Å². The van der Waals surface area contributed by atoms with Gasteiger partial charge in [0.25, 0.3) is 0 Å². The van der Waals surface area contributed by atoms with Crippen LogP contribution in [0.15, 0.2) is 30.5 Å². The molecule has 0 bridgehead atoms. The minimum absolute atomic E-state index is 0.0954. The van der Waals surface area contributed by atoms with E-state index < -0.39 is 0 Å². The summed E-state index contributed by atoms with van der Waals surface area (Å²) in [6.07, 6.45) is 2.06. The van der Waals surface area contributed by atoms with Crippen LogP contribution in [0, 0.1) is 6.92 Å². The van der Waals surface area contributed by atoms with E-state index in [1.165, 1.54) is 0 Å². The zero-order chi connectivity index (χ0) is 16.8. The predicted molar refractivity (Wildman–Crippen MR) is 98.0 cm³/mol. The van der Waals surface area contributed by atoms with Crippen LogP contribution >= 0.6 is 12.2 Å². The van der Waals surface area contributed by atoms with Gasteiger partial charge in [-0.1, -0.05) is 0 Å². The maximum Gasteiger partial charge on any atom is 0.171 e. The van der Waals surface area contributed by atoms with Crippen molar-refractivity contribution < 1.29 is 4.74 Å². The molecule has 0 saturated heterocycles. The van der Waals surface area contributed by atoms with Crippen LogP contribution in [0.1, 0.15) is 38.1 Å². The fraction of sp³-hybridized carbons (Fsp3) is 0.412. The van der Waals surface area contributed by atoms with Crippen LogP contribution in [0.5, 0.6) is 5.75 Å². The molecule has 124 valence electrons. The van der Waals surface area contributed by atoms with Crippen LogP contribution < -0.4 is 15.4 Å². The summed E-state index contributed by atoms with van der Waals surface area (Å²) in [5, 5.41) is 11.5. The first-order valence-corrected chi connectivity index (χ1v) is 8.28. The van der Waals surface area contributed by atoms with Gasteiger partial charge in [-0.15, -0.1) is 0 Å². The van der Waals surface area contributed by atoms with Crippen molar-refractivity contribution in [1.82, 2.24) is 15.1 Å². The molecule has 2 rings (SSSR count). The van der Waals surface area contributed by atoms with E-state index >= 15 is 0 Å². The molecule has 23 heavy (non-hydrogen) atoms. The molecule has 1 unspecified atom stereocenters. The largest absolute Gasteiger partial charge is 0.494 e. The summed E-state index contributed by atoms with van der Waals surface area (Å²) in [5.74, 6) is 0.855. The van der Waals surface area contributed by atoms with Gasteiger partial charge in [-0.05, 0) is 64.2 Å². The number of aryl methyl sites for hydroxylation is 2. The zero-order valence-corrected chi connectivity index (χ0v) is 14.9. The van der Waals surface area contributed by atoms with E-state index in [9.17, 15) is 0 Å². The van der Waals surface area contributed by atoms with E-state index in [1.807, 2.05) is 42.8 Å². The monoisotopic (exact) mass is 332 g/mol. The van der Waals surface area contributed by atoms with Crippen molar-refractivity contribution >= 4 is 23.0 Å². The minimum Gasteiger partial charge on any atom is -0.494 e. The van der Waals surface area contributed by atoms with Gasteiger partial charge in [-0.3, -0.25) is 4.68 Å².